The van der Waals surface area contributed by atoms with E-state index in [9.17, 15) is 14.9 Å². The number of aromatic nitrogens is 2. The second-order valence-corrected chi connectivity index (χ2v) is 7.00. The van der Waals surface area contributed by atoms with Crippen LogP contribution in [0.3, 0.4) is 0 Å². The normalized spacial score (nSPS) is 10.6. The van der Waals surface area contributed by atoms with Gasteiger partial charge in [0, 0.05) is 17.2 Å². The van der Waals surface area contributed by atoms with Crippen molar-refractivity contribution in [3.05, 3.63) is 80.8 Å². The highest BCUT2D eigenvalue weighted by Gasteiger charge is 2.20. The Bertz CT molecular complexity index is 1300. The fourth-order valence-electron chi connectivity index (χ4n) is 3.14. The first-order chi connectivity index (χ1) is 15.9. The van der Waals surface area contributed by atoms with Gasteiger partial charge in [-0.2, -0.15) is 20.1 Å². The number of hydrazone groups is 1. The van der Waals surface area contributed by atoms with Crippen LogP contribution in [-0.2, 0) is 6.42 Å². The van der Waals surface area contributed by atoms with Crippen molar-refractivity contribution in [2.75, 3.05) is 14.2 Å². The van der Waals surface area contributed by atoms with Gasteiger partial charge >= 0.3 is 0 Å². The summed E-state index contributed by atoms with van der Waals surface area (Å²) in [6, 6.07) is 14.2. The van der Waals surface area contributed by atoms with E-state index in [2.05, 4.69) is 15.6 Å². The molecule has 0 atom stereocenters. The lowest BCUT2D eigenvalue weighted by molar-refractivity contribution is 0.0947. The van der Waals surface area contributed by atoms with Crippen LogP contribution in [0.1, 0.15) is 39.7 Å². The fourth-order valence-corrected chi connectivity index (χ4v) is 3.14. The first-order valence-electron chi connectivity index (χ1n) is 10.1. The number of methoxy groups -OCH3 is 2. The molecule has 0 aliphatic rings. The summed E-state index contributed by atoms with van der Waals surface area (Å²) in [5.74, 6) is 0.468. The van der Waals surface area contributed by atoms with E-state index in [1.807, 2.05) is 25.1 Å². The maximum Gasteiger partial charge on any atom is 0.292 e. The van der Waals surface area contributed by atoms with E-state index in [0.29, 0.717) is 22.7 Å². The lowest BCUT2D eigenvalue weighted by Crippen LogP contribution is -2.31. The minimum Gasteiger partial charge on any atom is -0.497 e. The quantitative estimate of drug-likeness (QED) is 0.441. The van der Waals surface area contributed by atoms with Gasteiger partial charge in [-0.1, -0.05) is 19.1 Å². The van der Waals surface area contributed by atoms with Crippen LogP contribution < -0.4 is 20.5 Å². The Kier molecular flexibility index (Phi) is 7.20. The number of hydrogen-bond donors (Lipinski definition) is 1. The average molecular weight is 445 g/mol. The predicted octanol–water partition coefficient (Wildman–Crippen LogP) is 2.76. The van der Waals surface area contributed by atoms with Crippen LogP contribution in [0.5, 0.6) is 11.5 Å². The number of aryl methyl sites for hydroxylation is 1. The molecule has 1 amide bonds. The number of nitrogens with one attached hydrogen (secondary N) is 1. The molecule has 0 radical (unpaired) electrons. The second-order valence-electron chi connectivity index (χ2n) is 7.00. The van der Waals surface area contributed by atoms with Gasteiger partial charge in [-0.3, -0.25) is 9.59 Å². The molecule has 0 aliphatic carbocycles. The molecule has 9 nitrogen and oxygen atoms in total. The second kappa shape index (κ2) is 10.2. The Balaban J connectivity index is 1.94. The summed E-state index contributed by atoms with van der Waals surface area (Å²) in [6.07, 6.45) is 2.25. The summed E-state index contributed by atoms with van der Waals surface area (Å²) in [4.78, 5) is 25.6. The number of amides is 1. The molecule has 3 rings (SSSR count). The minimum absolute atomic E-state index is 0.0791. The monoisotopic (exact) mass is 445 g/mol. The van der Waals surface area contributed by atoms with Crippen molar-refractivity contribution < 1.29 is 14.3 Å². The lowest BCUT2D eigenvalue weighted by atomic mass is 10.1. The molecular formula is C24H23N5O4. The third-order valence-electron chi connectivity index (χ3n) is 5.06. The lowest BCUT2D eigenvalue weighted by Gasteiger charge is -2.11. The van der Waals surface area contributed by atoms with Crippen molar-refractivity contribution >= 4 is 12.1 Å². The van der Waals surface area contributed by atoms with Crippen molar-refractivity contribution in [3.8, 4) is 23.3 Å². The van der Waals surface area contributed by atoms with Crippen LogP contribution in [0.4, 0.5) is 0 Å². The minimum atomic E-state index is -0.661. The third kappa shape index (κ3) is 4.91. The van der Waals surface area contributed by atoms with Gasteiger partial charge in [-0.05, 0) is 43.2 Å². The molecule has 33 heavy (non-hydrogen) atoms. The number of ether oxygens (including phenoxy) is 2. The number of carbonyl (C=O) groups is 1. The van der Waals surface area contributed by atoms with Crippen LogP contribution in [0.15, 0.2) is 52.4 Å². The van der Waals surface area contributed by atoms with E-state index in [4.69, 9.17) is 9.47 Å². The molecule has 1 aromatic heterocycles. The summed E-state index contributed by atoms with van der Waals surface area (Å²) in [6.45, 7) is 3.52. The Hall–Kier alpha value is -4.45. The summed E-state index contributed by atoms with van der Waals surface area (Å²) in [5, 5.41) is 17.7. The predicted molar refractivity (Wildman–Crippen MR) is 123 cm³/mol. The van der Waals surface area contributed by atoms with Gasteiger partial charge in [-0.25, -0.2) is 5.43 Å². The van der Waals surface area contributed by atoms with Crippen LogP contribution in [0.2, 0.25) is 0 Å². The van der Waals surface area contributed by atoms with E-state index in [0.717, 1.165) is 16.7 Å². The molecule has 1 N–H and O–H groups in total. The van der Waals surface area contributed by atoms with E-state index in [-0.39, 0.29) is 16.8 Å². The molecule has 3 aromatic rings. The van der Waals surface area contributed by atoms with E-state index in [1.165, 1.54) is 20.2 Å². The molecule has 0 saturated heterocycles. The van der Waals surface area contributed by atoms with Gasteiger partial charge in [-0.15, -0.1) is 0 Å². The van der Waals surface area contributed by atoms with Gasteiger partial charge < -0.3 is 9.47 Å². The molecule has 0 unspecified atom stereocenters. The average Bonchev–Trinajstić information content (AvgIpc) is 2.84. The van der Waals surface area contributed by atoms with Crippen molar-refractivity contribution in [1.82, 2.24) is 15.2 Å². The first kappa shape index (κ1) is 23.2. The largest absolute Gasteiger partial charge is 0.497 e. The maximum absolute atomic E-state index is 12.8. The first-order valence-corrected chi connectivity index (χ1v) is 10.1. The number of rotatable bonds is 7. The van der Waals surface area contributed by atoms with Gasteiger partial charge in [0.1, 0.15) is 23.1 Å². The smallest absolute Gasteiger partial charge is 0.292 e. The summed E-state index contributed by atoms with van der Waals surface area (Å²) >= 11 is 0. The molecule has 2 aromatic carbocycles. The van der Waals surface area contributed by atoms with Crippen molar-refractivity contribution in [1.29, 1.82) is 5.26 Å². The fraction of sp³-hybridized carbons (Fsp3) is 0.208. The van der Waals surface area contributed by atoms with Crippen molar-refractivity contribution in [2.45, 2.75) is 20.3 Å². The summed E-state index contributed by atoms with van der Waals surface area (Å²) < 4.78 is 11.5. The molecule has 9 heteroatoms. The van der Waals surface area contributed by atoms with Crippen molar-refractivity contribution in [3.63, 3.8) is 0 Å². The maximum atomic E-state index is 12.8. The molecule has 168 valence electrons. The standard InChI is InChI=1S/C24H23N5O4/c1-5-16-6-9-18(10-7-16)29-24(31)20(13-25)15(2)22(28-29)23(30)27-26-14-17-8-11-19(32-3)12-21(17)33-4/h6-12,14H,5H2,1-4H3,(H,27,30)/b26-14+. The zero-order chi connectivity index (χ0) is 24.0. The Morgan fingerprint density at radius 2 is 1.94 bits per heavy atom. The van der Waals surface area contributed by atoms with Gasteiger partial charge in [0.05, 0.1) is 26.1 Å². The molecule has 0 bridgehead atoms. The van der Waals surface area contributed by atoms with Gasteiger partial charge in [0.2, 0.25) is 0 Å². The molecule has 0 saturated carbocycles. The van der Waals surface area contributed by atoms with E-state index in [1.54, 1.807) is 37.4 Å². The highest BCUT2D eigenvalue weighted by atomic mass is 16.5. The van der Waals surface area contributed by atoms with E-state index >= 15 is 0 Å². The summed E-state index contributed by atoms with van der Waals surface area (Å²) in [5.41, 5.74) is 3.89. The van der Waals surface area contributed by atoms with Crippen LogP contribution in [0.25, 0.3) is 5.69 Å². The number of nitrogens with zero attached hydrogens (tertiary/aromatic N) is 4. The highest BCUT2D eigenvalue weighted by molar-refractivity contribution is 5.95. The van der Waals surface area contributed by atoms with Gasteiger partial charge in [0.25, 0.3) is 11.5 Å². The Labute approximate surface area is 190 Å². The van der Waals surface area contributed by atoms with Crippen LogP contribution in [-0.4, -0.2) is 36.1 Å². The molecule has 0 fully saturated rings. The van der Waals surface area contributed by atoms with Crippen LogP contribution >= 0.6 is 0 Å². The molecular weight excluding hydrogens is 422 g/mol. The highest BCUT2D eigenvalue weighted by Crippen LogP contribution is 2.23. The number of nitriles is 1. The van der Waals surface area contributed by atoms with E-state index < -0.39 is 11.5 Å². The SMILES string of the molecule is CCc1ccc(-n2nc(C(=O)N/N=C/c3ccc(OC)cc3OC)c(C)c(C#N)c2=O)cc1. The number of hydrogen-bond acceptors (Lipinski definition) is 7. The molecule has 0 spiro atoms. The number of carbonyl (C=O) groups excluding carboxylic acids is 1. The summed E-state index contributed by atoms with van der Waals surface area (Å²) in [7, 11) is 3.06. The zero-order valence-electron chi connectivity index (χ0n) is 18.7. The number of benzene rings is 2. The topological polar surface area (TPSA) is 119 Å². The Morgan fingerprint density at radius 1 is 1.21 bits per heavy atom. The third-order valence-corrected chi connectivity index (χ3v) is 5.06. The van der Waals surface area contributed by atoms with Crippen molar-refractivity contribution in [2.24, 2.45) is 5.10 Å². The molecule has 0 aliphatic heterocycles. The molecule has 1 heterocycles. The van der Waals surface area contributed by atoms with Crippen LogP contribution in [0, 0.1) is 18.3 Å². The van der Waals surface area contributed by atoms with Gasteiger partial charge in [0.15, 0.2) is 5.69 Å². The Morgan fingerprint density at radius 3 is 2.55 bits per heavy atom. The zero-order valence-corrected chi connectivity index (χ0v) is 18.7.